The number of aliphatic hydroxyl groups excluding tert-OH is 2. The van der Waals surface area contributed by atoms with Crippen LogP contribution in [0.1, 0.15) is 0 Å². The van der Waals surface area contributed by atoms with E-state index in [2.05, 4.69) is 4.74 Å². The first-order chi connectivity index (χ1) is 3.41. The van der Waals surface area contributed by atoms with Crippen molar-refractivity contribution in [2.24, 2.45) is 0 Å². The molecule has 0 aromatic heterocycles. The summed E-state index contributed by atoms with van der Waals surface area (Å²) in [6, 6.07) is 0. The molecule has 0 saturated heterocycles. The summed E-state index contributed by atoms with van der Waals surface area (Å²) in [4.78, 5) is 0. The van der Waals surface area contributed by atoms with Gasteiger partial charge in [0, 0.05) is 21.7 Å². The van der Waals surface area contributed by atoms with Gasteiger partial charge in [0.25, 0.3) is 0 Å². The van der Waals surface area contributed by atoms with E-state index in [-0.39, 0.29) is 34.9 Å². The second kappa shape index (κ2) is 10.6. The van der Waals surface area contributed by atoms with Gasteiger partial charge < -0.3 is 14.9 Å². The van der Waals surface area contributed by atoms with Gasteiger partial charge in [0.05, 0.1) is 26.4 Å². The second-order valence-corrected chi connectivity index (χ2v) is 1.06. The van der Waals surface area contributed by atoms with Crippen LogP contribution in [0.2, 0.25) is 0 Å². The summed E-state index contributed by atoms with van der Waals surface area (Å²) < 4.78 is 4.63. The predicted molar refractivity (Wildman–Crippen MR) is 25.0 cm³/mol. The quantitative estimate of drug-likeness (QED) is 0.402. The van der Waals surface area contributed by atoms with Crippen molar-refractivity contribution in [1.82, 2.24) is 0 Å². The average Bonchev–Trinajstić information content (AvgIpc) is 1.69. The first-order valence-corrected chi connectivity index (χ1v) is 2.21. The van der Waals surface area contributed by atoms with Gasteiger partial charge in [-0.25, -0.2) is 0 Å². The van der Waals surface area contributed by atoms with E-state index in [0.29, 0.717) is 13.2 Å². The Balaban J connectivity index is 0. The van der Waals surface area contributed by atoms with Gasteiger partial charge in [-0.3, -0.25) is 0 Å². The van der Waals surface area contributed by atoms with Crippen LogP contribution in [-0.4, -0.2) is 36.6 Å². The molecule has 0 rings (SSSR count). The zero-order valence-electron chi connectivity index (χ0n) is 4.63. The number of hydrogen-bond donors (Lipinski definition) is 2. The van der Waals surface area contributed by atoms with Crippen LogP contribution < -0.4 is 0 Å². The average molecular weight is 154 g/mol. The molecule has 0 unspecified atom stereocenters. The van der Waals surface area contributed by atoms with E-state index < -0.39 is 0 Å². The zero-order chi connectivity index (χ0) is 5.54. The number of hydrogen-bond acceptors (Lipinski definition) is 3. The minimum Gasteiger partial charge on any atom is -0.394 e. The summed E-state index contributed by atoms with van der Waals surface area (Å²) in [5.74, 6) is 0. The smallest absolute Gasteiger partial charge is 0.0698 e. The van der Waals surface area contributed by atoms with Crippen LogP contribution in [0, 0.1) is 0 Å². The second-order valence-electron chi connectivity index (χ2n) is 1.06. The summed E-state index contributed by atoms with van der Waals surface area (Å²) in [6.07, 6.45) is 0. The third kappa shape index (κ3) is 9.78. The molecule has 0 aliphatic heterocycles. The molecule has 0 fully saturated rings. The van der Waals surface area contributed by atoms with E-state index in [9.17, 15) is 0 Å². The number of ether oxygens (including phenoxy) is 1. The molecule has 0 amide bonds. The molecule has 0 saturated carbocycles. The molecule has 2 N–H and O–H groups in total. The zero-order valence-corrected chi connectivity index (χ0v) is 6.19. The monoisotopic (exact) mass is 154 g/mol. The van der Waals surface area contributed by atoms with Gasteiger partial charge in [0.1, 0.15) is 0 Å². The Bertz CT molecular complexity index is 30.5. The Morgan fingerprint density at radius 2 is 1.38 bits per heavy atom. The predicted octanol–water partition coefficient (Wildman–Crippen LogP) is -1.01. The molecule has 0 heterocycles. The van der Waals surface area contributed by atoms with Crippen molar-refractivity contribution >= 4 is 0 Å². The van der Waals surface area contributed by atoms with Gasteiger partial charge >= 0.3 is 0 Å². The van der Waals surface area contributed by atoms with Crippen LogP contribution in [0.3, 0.4) is 0 Å². The standard InChI is InChI=1S/C4H10O3.Ti/c5-1-3-7-4-2-6;/h5-6H,1-4H2;. The normalized spacial score (nSPS) is 8.25. The molecule has 0 aliphatic rings. The van der Waals surface area contributed by atoms with Crippen molar-refractivity contribution in [2.75, 3.05) is 26.4 Å². The third-order valence-corrected chi connectivity index (χ3v) is 0.471. The molecular weight excluding hydrogens is 144 g/mol. The van der Waals surface area contributed by atoms with E-state index in [1.54, 1.807) is 0 Å². The Labute approximate surface area is 63.5 Å². The maximum Gasteiger partial charge on any atom is 0.0698 e. The van der Waals surface area contributed by atoms with E-state index in [0.717, 1.165) is 0 Å². The Kier molecular flexibility index (Phi) is 15.0. The number of rotatable bonds is 4. The topological polar surface area (TPSA) is 49.7 Å². The molecule has 0 atom stereocenters. The molecule has 3 nitrogen and oxygen atoms in total. The number of aliphatic hydroxyl groups is 2. The molecule has 0 radical (unpaired) electrons. The van der Waals surface area contributed by atoms with E-state index in [1.165, 1.54) is 0 Å². The van der Waals surface area contributed by atoms with Gasteiger partial charge in [-0.1, -0.05) is 0 Å². The van der Waals surface area contributed by atoms with Crippen LogP contribution in [0.25, 0.3) is 0 Å². The van der Waals surface area contributed by atoms with E-state index in [4.69, 9.17) is 10.2 Å². The molecule has 8 heavy (non-hydrogen) atoms. The third-order valence-electron chi connectivity index (χ3n) is 0.471. The molecule has 0 aromatic carbocycles. The van der Waals surface area contributed by atoms with Gasteiger partial charge in [0.2, 0.25) is 0 Å². The van der Waals surface area contributed by atoms with Crippen molar-refractivity contribution < 1.29 is 36.7 Å². The maximum atomic E-state index is 8.09. The van der Waals surface area contributed by atoms with Crippen molar-refractivity contribution in [3.8, 4) is 0 Å². The van der Waals surface area contributed by atoms with E-state index in [1.807, 2.05) is 0 Å². The van der Waals surface area contributed by atoms with Crippen molar-refractivity contribution in [3.05, 3.63) is 0 Å². The van der Waals surface area contributed by atoms with Crippen LogP contribution in [0.15, 0.2) is 0 Å². The Morgan fingerprint density at radius 1 is 1.00 bits per heavy atom. The molecule has 0 spiro atoms. The first kappa shape index (κ1) is 11.4. The van der Waals surface area contributed by atoms with E-state index >= 15 is 0 Å². The molecule has 48 valence electrons. The van der Waals surface area contributed by atoms with Gasteiger partial charge in [-0.05, 0) is 0 Å². The Hall–Kier alpha value is 0.594. The first-order valence-electron chi connectivity index (χ1n) is 2.21. The maximum absolute atomic E-state index is 8.09. The van der Waals surface area contributed by atoms with Crippen LogP contribution >= 0.6 is 0 Å². The van der Waals surface area contributed by atoms with Crippen molar-refractivity contribution in [2.45, 2.75) is 0 Å². The fourth-order valence-corrected chi connectivity index (χ4v) is 0.231. The summed E-state index contributed by atoms with van der Waals surface area (Å²) in [5, 5.41) is 16.2. The van der Waals surface area contributed by atoms with Crippen LogP contribution in [-0.2, 0) is 26.5 Å². The van der Waals surface area contributed by atoms with Gasteiger partial charge in [-0.15, -0.1) is 0 Å². The fraction of sp³-hybridized carbons (Fsp3) is 1.00. The fourth-order valence-electron chi connectivity index (χ4n) is 0.231. The largest absolute Gasteiger partial charge is 0.394 e. The minimum atomic E-state index is 0. The van der Waals surface area contributed by atoms with Crippen LogP contribution in [0.5, 0.6) is 0 Å². The van der Waals surface area contributed by atoms with Gasteiger partial charge in [-0.2, -0.15) is 0 Å². The molecule has 0 aliphatic carbocycles. The van der Waals surface area contributed by atoms with Crippen molar-refractivity contribution in [1.29, 1.82) is 0 Å². The summed E-state index contributed by atoms with van der Waals surface area (Å²) in [7, 11) is 0. The Morgan fingerprint density at radius 3 is 1.62 bits per heavy atom. The molecule has 0 bridgehead atoms. The summed E-state index contributed by atoms with van der Waals surface area (Å²) in [5.41, 5.74) is 0. The molecule has 0 aromatic rings. The molecular formula is C4H10O3Ti. The minimum absolute atomic E-state index is 0. The van der Waals surface area contributed by atoms with Crippen LogP contribution in [0.4, 0.5) is 0 Å². The SMILES string of the molecule is OCCOCCO.[Ti]. The summed E-state index contributed by atoms with van der Waals surface area (Å²) >= 11 is 0. The van der Waals surface area contributed by atoms with Crippen molar-refractivity contribution in [3.63, 3.8) is 0 Å². The van der Waals surface area contributed by atoms with Gasteiger partial charge in [0.15, 0.2) is 0 Å². The molecule has 4 heteroatoms. The summed E-state index contributed by atoms with van der Waals surface area (Å²) in [6.45, 7) is 0.696.